The first kappa shape index (κ1) is 11.5. The van der Waals surface area contributed by atoms with Crippen molar-refractivity contribution >= 4 is 33.0 Å². The first-order valence-corrected chi connectivity index (χ1v) is 7.31. The molecule has 1 aliphatic heterocycles. The Labute approximate surface area is 108 Å². The standard InChI is InChI=1S/C10H9ClN4O2S/c11-7-1-2-9-13-10(14-15(9)5-7)12-8-3-4-18(16,17)6-8/h1-5,8H,6H2,(H,12,14). The summed E-state index contributed by atoms with van der Waals surface area (Å²) in [6.07, 6.45) is 3.23. The van der Waals surface area contributed by atoms with Crippen molar-refractivity contribution in [1.82, 2.24) is 14.6 Å². The van der Waals surface area contributed by atoms with Gasteiger partial charge < -0.3 is 5.32 Å². The predicted octanol–water partition coefficient (Wildman–Crippen LogP) is 1.11. The van der Waals surface area contributed by atoms with E-state index < -0.39 is 9.84 Å². The molecular weight excluding hydrogens is 276 g/mol. The summed E-state index contributed by atoms with van der Waals surface area (Å²) in [4.78, 5) is 4.22. The van der Waals surface area contributed by atoms with E-state index in [4.69, 9.17) is 11.6 Å². The minimum absolute atomic E-state index is 0.0311. The Balaban J connectivity index is 1.86. The van der Waals surface area contributed by atoms with Gasteiger partial charge in [0.05, 0.1) is 16.8 Å². The summed E-state index contributed by atoms with van der Waals surface area (Å²) in [5.74, 6) is 0.410. The van der Waals surface area contributed by atoms with Crippen molar-refractivity contribution in [3.8, 4) is 0 Å². The molecule has 2 aromatic heterocycles. The number of rotatable bonds is 2. The third-order valence-corrected chi connectivity index (χ3v) is 4.16. The highest BCUT2D eigenvalue weighted by Gasteiger charge is 2.22. The first-order valence-electron chi connectivity index (χ1n) is 5.21. The molecule has 0 fully saturated rings. The van der Waals surface area contributed by atoms with Gasteiger partial charge in [0.2, 0.25) is 5.95 Å². The Hall–Kier alpha value is -1.60. The molecule has 0 saturated carbocycles. The van der Waals surface area contributed by atoms with E-state index in [9.17, 15) is 8.42 Å². The molecule has 1 N–H and O–H groups in total. The van der Waals surface area contributed by atoms with Crippen LogP contribution in [0.25, 0.3) is 5.65 Å². The van der Waals surface area contributed by atoms with Crippen LogP contribution < -0.4 is 5.32 Å². The van der Waals surface area contributed by atoms with Gasteiger partial charge in [0.25, 0.3) is 0 Å². The zero-order chi connectivity index (χ0) is 12.8. The van der Waals surface area contributed by atoms with Gasteiger partial charge in [0.1, 0.15) is 0 Å². The highest BCUT2D eigenvalue weighted by molar-refractivity contribution is 7.94. The zero-order valence-electron chi connectivity index (χ0n) is 9.12. The Morgan fingerprint density at radius 2 is 2.28 bits per heavy atom. The molecule has 1 atom stereocenters. The van der Waals surface area contributed by atoms with Gasteiger partial charge in [-0.05, 0) is 18.2 Å². The maximum Gasteiger partial charge on any atom is 0.243 e. The quantitative estimate of drug-likeness (QED) is 0.894. The number of hydrogen-bond donors (Lipinski definition) is 1. The number of hydrogen-bond acceptors (Lipinski definition) is 5. The molecule has 0 radical (unpaired) electrons. The number of nitrogens with one attached hydrogen (secondary N) is 1. The second kappa shape index (κ2) is 3.96. The van der Waals surface area contributed by atoms with Crippen molar-refractivity contribution in [3.05, 3.63) is 34.8 Å². The van der Waals surface area contributed by atoms with Gasteiger partial charge >= 0.3 is 0 Å². The summed E-state index contributed by atoms with van der Waals surface area (Å²) in [7, 11) is -3.08. The Bertz CT molecular complexity index is 737. The molecule has 1 unspecified atom stereocenters. The van der Waals surface area contributed by atoms with Crippen LogP contribution >= 0.6 is 11.6 Å². The van der Waals surface area contributed by atoms with Gasteiger partial charge in [-0.1, -0.05) is 11.6 Å². The van der Waals surface area contributed by atoms with E-state index in [-0.39, 0.29) is 11.8 Å². The second-order valence-corrected chi connectivity index (χ2v) is 6.36. The van der Waals surface area contributed by atoms with Crippen LogP contribution in [0.4, 0.5) is 5.95 Å². The predicted molar refractivity (Wildman–Crippen MR) is 68.3 cm³/mol. The van der Waals surface area contributed by atoms with Crippen molar-refractivity contribution < 1.29 is 8.42 Å². The lowest BCUT2D eigenvalue weighted by Gasteiger charge is -2.05. The molecule has 8 heteroatoms. The van der Waals surface area contributed by atoms with Crippen LogP contribution in [0.15, 0.2) is 29.8 Å². The van der Waals surface area contributed by atoms with Gasteiger partial charge in [-0.25, -0.2) is 12.9 Å². The molecule has 18 heavy (non-hydrogen) atoms. The zero-order valence-corrected chi connectivity index (χ0v) is 10.7. The fourth-order valence-electron chi connectivity index (χ4n) is 1.75. The van der Waals surface area contributed by atoms with Crippen LogP contribution in [-0.4, -0.2) is 34.8 Å². The number of halogens is 1. The van der Waals surface area contributed by atoms with Crippen LogP contribution in [0.2, 0.25) is 5.02 Å². The van der Waals surface area contributed by atoms with Crippen molar-refractivity contribution in [3.63, 3.8) is 0 Å². The maximum absolute atomic E-state index is 11.3. The van der Waals surface area contributed by atoms with E-state index >= 15 is 0 Å². The molecule has 1 aliphatic rings. The smallest absolute Gasteiger partial charge is 0.243 e. The number of fused-ring (bicyclic) bond motifs is 1. The number of sulfone groups is 1. The molecule has 0 amide bonds. The molecule has 3 rings (SSSR count). The van der Waals surface area contributed by atoms with Crippen LogP contribution in [0, 0.1) is 0 Å². The average molecular weight is 285 g/mol. The van der Waals surface area contributed by atoms with Crippen molar-refractivity contribution in [2.24, 2.45) is 0 Å². The van der Waals surface area contributed by atoms with Crippen LogP contribution in [0.5, 0.6) is 0 Å². The first-order chi connectivity index (χ1) is 8.52. The molecule has 0 aromatic carbocycles. The highest BCUT2D eigenvalue weighted by Crippen LogP contribution is 2.15. The number of pyridine rings is 1. The molecular formula is C10H9ClN4O2S. The minimum Gasteiger partial charge on any atom is -0.346 e. The Kier molecular flexibility index (Phi) is 2.53. The lowest BCUT2D eigenvalue weighted by atomic mass is 10.3. The minimum atomic E-state index is -3.08. The Morgan fingerprint density at radius 3 is 3.00 bits per heavy atom. The van der Waals surface area contributed by atoms with Crippen molar-refractivity contribution in [1.29, 1.82) is 0 Å². The molecule has 94 valence electrons. The summed E-state index contributed by atoms with van der Waals surface area (Å²) in [5, 5.41) is 8.88. The topological polar surface area (TPSA) is 76.4 Å². The molecule has 6 nitrogen and oxygen atoms in total. The van der Waals surface area contributed by atoms with E-state index in [1.165, 1.54) is 9.92 Å². The van der Waals surface area contributed by atoms with Gasteiger partial charge in [-0.15, -0.1) is 5.10 Å². The van der Waals surface area contributed by atoms with Gasteiger partial charge in [-0.3, -0.25) is 0 Å². The van der Waals surface area contributed by atoms with Gasteiger partial charge in [0.15, 0.2) is 15.5 Å². The lowest BCUT2D eigenvalue weighted by molar-refractivity contribution is 0.605. The molecule has 2 aromatic rings. The summed E-state index contributed by atoms with van der Waals surface area (Å²) in [6, 6.07) is 3.17. The van der Waals surface area contributed by atoms with E-state index in [1.54, 1.807) is 24.4 Å². The average Bonchev–Trinajstić information content (AvgIpc) is 2.81. The normalized spacial score (nSPS) is 21.5. The molecule has 3 heterocycles. The number of aromatic nitrogens is 3. The summed E-state index contributed by atoms with van der Waals surface area (Å²) < 4.78 is 24.1. The number of anilines is 1. The van der Waals surface area contributed by atoms with Crippen LogP contribution in [-0.2, 0) is 9.84 Å². The molecule has 0 saturated heterocycles. The fraction of sp³-hybridized carbons (Fsp3) is 0.200. The third-order valence-electron chi connectivity index (χ3n) is 2.54. The SMILES string of the molecule is O=S1(=O)C=CC(Nc2nc3ccc(Cl)cn3n2)C1. The largest absolute Gasteiger partial charge is 0.346 e. The summed E-state index contributed by atoms with van der Waals surface area (Å²) in [6.45, 7) is 0. The van der Waals surface area contributed by atoms with Crippen LogP contribution in [0.1, 0.15) is 0 Å². The van der Waals surface area contributed by atoms with E-state index in [0.29, 0.717) is 16.6 Å². The summed E-state index contributed by atoms with van der Waals surface area (Å²) in [5.41, 5.74) is 0.645. The maximum atomic E-state index is 11.3. The van der Waals surface area contributed by atoms with Gasteiger partial charge in [-0.2, -0.15) is 4.98 Å². The second-order valence-electron chi connectivity index (χ2n) is 3.99. The van der Waals surface area contributed by atoms with Crippen LogP contribution in [0.3, 0.4) is 0 Å². The molecule has 0 bridgehead atoms. The molecule has 0 aliphatic carbocycles. The Morgan fingerprint density at radius 1 is 1.44 bits per heavy atom. The van der Waals surface area contributed by atoms with Gasteiger partial charge in [0, 0.05) is 11.6 Å². The van der Waals surface area contributed by atoms with E-state index in [2.05, 4.69) is 15.4 Å². The van der Waals surface area contributed by atoms with Crippen molar-refractivity contribution in [2.75, 3.05) is 11.1 Å². The van der Waals surface area contributed by atoms with E-state index in [1.807, 2.05) is 0 Å². The molecule has 0 spiro atoms. The third kappa shape index (κ3) is 2.19. The monoisotopic (exact) mass is 284 g/mol. The fourth-order valence-corrected chi connectivity index (χ4v) is 3.14. The lowest BCUT2D eigenvalue weighted by Crippen LogP contribution is -2.21. The highest BCUT2D eigenvalue weighted by atomic mass is 35.5. The number of nitrogens with zero attached hydrogens (tertiary/aromatic N) is 3. The van der Waals surface area contributed by atoms with Crippen molar-refractivity contribution in [2.45, 2.75) is 6.04 Å². The summed E-state index contributed by atoms with van der Waals surface area (Å²) >= 11 is 5.84. The van der Waals surface area contributed by atoms with E-state index in [0.717, 1.165) is 0 Å².